The van der Waals surface area contributed by atoms with E-state index >= 15 is 0 Å². The first-order chi connectivity index (χ1) is 14.2. The zero-order chi connectivity index (χ0) is 20.2. The lowest BCUT2D eigenvalue weighted by Gasteiger charge is -2.35. The summed E-state index contributed by atoms with van der Waals surface area (Å²) in [5, 5.41) is 12.8. The Balaban J connectivity index is 1.60. The van der Waals surface area contributed by atoms with Crippen LogP contribution in [0.4, 0.5) is 4.79 Å². The lowest BCUT2D eigenvalue weighted by Crippen LogP contribution is -2.41. The summed E-state index contributed by atoms with van der Waals surface area (Å²) in [6.45, 7) is 4.70. The Morgan fingerprint density at radius 2 is 2.31 bits per heavy atom. The monoisotopic (exact) mass is 395 g/mol. The number of nitrogens with zero attached hydrogens (tertiary/aromatic N) is 4. The number of amides is 1. The molecule has 3 aromatic heterocycles. The molecular weight excluding hydrogens is 370 g/mol. The number of H-pyrrole nitrogens is 2. The maximum atomic E-state index is 12.2. The molecule has 0 spiro atoms. The second-order valence-corrected chi connectivity index (χ2v) is 7.31. The number of piperidine rings is 1. The predicted octanol–water partition coefficient (Wildman–Crippen LogP) is 2.85. The molecule has 0 radical (unpaired) electrons. The molecule has 1 aliphatic heterocycles. The van der Waals surface area contributed by atoms with Crippen LogP contribution in [0.2, 0.25) is 0 Å². The molecule has 0 aromatic carbocycles. The lowest BCUT2D eigenvalue weighted by atomic mass is 9.89. The SMILES string of the molecule is CCOC(=O)NC(c1nc2cnc3[nH]ccc3c2[nH]1)C1CCN(CCC#N)CC1. The number of ether oxygens (including phenoxy) is 1. The molecule has 0 aliphatic carbocycles. The normalized spacial score (nSPS) is 16.7. The molecule has 4 heterocycles. The number of hydrogen-bond donors (Lipinski definition) is 3. The summed E-state index contributed by atoms with van der Waals surface area (Å²) in [6, 6.07) is 3.90. The van der Waals surface area contributed by atoms with Gasteiger partial charge in [0.2, 0.25) is 0 Å². The molecule has 3 N–H and O–H groups in total. The minimum Gasteiger partial charge on any atom is -0.450 e. The quantitative estimate of drug-likeness (QED) is 0.590. The molecule has 1 amide bonds. The summed E-state index contributed by atoms with van der Waals surface area (Å²) in [7, 11) is 0. The molecule has 1 unspecified atom stereocenters. The van der Waals surface area contributed by atoms with Crippen LogP contribution < -0.4 is 5.32 Å². The Labute approximate surface area is 168 Å². The number of hydrogen-bond acceptors (Lipinski definition) is 6. The van der Waals surface area contributed by atoms with Crippen molar-refractivity contribution in [2.24, 2.45) is 5.92 Å². The number of likely N-dealkylation sites (tertiary alicyclic amines) is 1. The second kappa shape index (κ2) is 8.49. The number of carbonyl (C=O) groups is 1. The van der Waals surface area contributed by atoms with Crippen molar-refractivity contribution >= 4 is 28.2 Å². The maximum Gasteiger partial charge on any atom is 0.407 e. The average molecular weight is 395 g/mol. The van der Waals surface area contributed by atoms with Crippen LogP contribution in [-0.4, -0.2) is 57.2 Å². The van der Waals surface area contributed by atoms with Crippen molar-refractivity contribution in [2.45, 2.75) is 32.2 Å². The summed E-state index contributed by atoms with van der Waals surface area (Å²) in [5.74, 6) is 0.951. The summed E-state index contributed by atoms with van der Waals surface area (Å²) < 4.78 is 5.14. The number of fused-ring (bicyclic) bond motifs is 3. The fraction of sp³-hybridized carbons (Fsp3) is 0.500. The van der Waals surface area contributed by atoms with Gasteiger partial charge in [-0.05, 0) is 44.8 Å². The van der Waals surface area contributed by atoms with Gasteiger partial charge in [0.05, 0.1) is 30.4 Å². The van der Waals surface area contributed by atoms with Crippen LogP contribution in [0.25, 0.3) is 22.1 Å². The Morgan fingerprint density at radius 3 is 3.07 bits per heavy atom. The van der Waals surface area contributed by atoms with E-state index in [-0.39, 0.29) is 12.0 Å². The van der Waals surface area contributed by atoms with Crippen LogP contribution in [0.15, 0.2) is 18.5 Å². The van der Waals surface area contributed by atoms with Gasteiger partial charge in [0, 0.05) is 24.5 Å². The van der Waals surface area contributed by atoms with Crippen LogP contribution in [-0.2, 0) is 4.74 Å². The Kier molecular flexibility index (Phi) is 5.62. The van der Waals surface area contributed by atoms with E-state index in [0.717, 1.165) is 60.4 Å². The first-order valence-corrected chi connectivity index (χ1v) is 10.0. The number of imidazole rings is 1. The first kappa shape index (κ1) is 19.2. The third kappa shape index (κ3) is 4.03. The van der Waals surface area contributed by atoms with E-state index in [0.29, 0.717) is 13.0 Å². The Bertz CT molecular complexity index is 1030. The number of nitriles is 1. The van der Waals surface area contributed by atoms with Gasteiger partial charge in [-0.25, -0.2) is 14.8 Å². The molecule has 1 atom stereocenters. The van der Waals surface area contributed by atoms with E-state index in [4.69, 9.17) is 15.0 Å². The number of rotatable bonds is 6. The molecule has 4 rings (SSSR count). The fourth-order valence-corrected chi connectivity index (χ4v) is 4.07. The van der Waals surface area contributed by atoms with E-state index in [1.54, 1.807) is 13.1 Å². The molecule has 1 aliphatic rings. The van der Waals surface area contributed by atoms with Crippen molar-refractivity contribution in [2.75, 3.05) is 26.2 Å². The molecule has 0 bridgehead atoms. The Morgan fingerprint density at radius 1 is 1.48 bits per heavy atom. The van der Waals surface area contributed by atoms with Crippen LogP contribution in [0.1, 0.15) is 38.1 Å². The maximum absolute atomic E-state index is 12.2. The number of alkyl carbamates (subject to hydrolysis) is 1. The van der Waals surface area contributed by atoms with Gasteiger partial charge >= 0.3 is 6.09 Å². The number of nitrogens with one attached hydrogen (secondary N) is 3. The standard InChI is InChI=1S/C20H25N7O2/c1-2-29-20(28)26-16(13-5-10-27(11-6-13)9-3-7-21)19-24-15-12-23-18-14(4-8-22-18)17(15)25-19/h4,8,12-13,16H,2-3,5-6,9-11H2,1H3,(H,22,23)(H,24,25)(H,26,28). The second-order valence-electron chi connectivity index (χ2n) is 7.31. The molecule has 1 saturated heterocycles. The van der Waals surface area contributed by atoms with E-state index in [9.17, 15) is 4.79 Å². The van der Waals surface area contributed by atoms with Crippen molar-refractivity contribution < 1.29 is 9.53 Å². The van der Waals surface area contributed by atoms with Gasteiger partial charge in [0.25, 0.3) is 0 Å². The minimum absolute atomic E-state index is 0.230. The van der Waals surface area contributed by atoms with Crippen molar-refractivity contribution in [1.82, 2.24) is 30.2 Å². The van der Waals surface area contributed by atoms with Crippen molar-refractivity contribution in [3.8, 4) is 6.07 Å². The van der Waals surface area contributed by atoms with Gasteiger partial charge in [-0.3, -0.25) is 0 Å². The fourth-order valence-electron chi connectivity index (χ4n) is 4.07. The van der Waals surface area contributed by atoms with Crippen LogP contribution >= 0.6 is 0 Å². The first-order valence-electron chi connectivity index (χ1n) is 10.0. The molecule has 0 saturated carbocycles. The smallest absolute Gasteiger partial charge is 0.407 e. The van der Waals surface area contributed by atoms with Gasteiger partial charge in [0.15, 0.2) is 0 Å². The summed E-state index contributed by atoms with van der Waals surface area (Å²) in [6.07, 6.45) is 5.52. The highest BCUT2D eigenvalue weighted by Crippen LogP contribution is 2.32. The number of aromatic amines is 2. The highest BCUT2D eigenvalue weighted by atomic mass is 16.5. The zero-order valence-corrected chi connectivity index (χ0v) is 16.4. The summed E-state index contributed by atoms with van der Waals surface area (Å²) >= 11 is 0. The topological polar surface area (TPSA) is 123 Å². The van der Waals surface area contributed by atoms with Crippen molar-refractivity contribution in [1.29, 1.82) is 5.26 Å². The lowest BCUT2D eigenvalue weighted by molar-refractivity contribution is 0.127. The zero-order valence-electron chi connectivity index (χ0n) is 16.4. The average Bonchev–Trinajstić information content (AvgIpc) is 3.37. The van der Waals surface area contributed by atoms with E-state index in [1.807, 2.05) is 12.3 Å². The molecule has 29 heavy (non-hydrogen) atoms. The van der Waals surface area contributed by atoms with Crippen LogP contribution in [0.5, 0.6) is 0 Å². The van der Waals surface area contributed by atoms with Gasteiger partial charge in [-0.15, -0.1) is 0 Å². The number of pyridine rings is 1. The highest BCUT2D eigenvalue weighted by molar-refractivity contribution is 6.00. The highest BCUT2D eigenvalue weighted by Gasteiger charge is 2.31. The van der Waals surface area contributed by atoms with Gasteiger partial charge in [-0.1, -0.05) is 0 Å². The number of carbonyl (C=O) groups excluding carboxylic acids is 1. The largest absolute Gasteiger partial charge is 0.450 e. The molecule has 1 fully saturated rings. The number of aromatic nitrogens is 4. The minimum atomic E-state index is -0.435. The Hall–Kier alpha value is -3.12. The van der Waals surface area contributed by atoms with E-state index in [2.05, 4.69) is 31.2 Å². The molecule has 152 valence electrons. The van der Waals surface area contributed by atoms with Crippen molar-refractivity contribution in [3.05, 3.63) is 24.3 Å². The van der Waals surface area contributed by atoms with Crippen LogP contribution in [0.3, 0.4) is 0 Å². The molecule has 9 heteroatoms. The van der Waals surface area contributed by atoms with Gasteiger partial charge in [0.1, 0.15) is 17.0 Å². The third-order valence-electron chi connectivity index (χ3n) is 5.55. The summed E-state index contributed by atoms with van der Waals surface area (Å²) in [5.41, 5.74) is 2.48. The molecular formula is C20H25N7O2. The van der Waals surface area contributed by atoms with E-state index in [1.165, 1.54) is 0 Å². The summed E-state index contributed by atoms with van der Waals surface area (Å²) in [4.78, 5) is 30.2. The van der Waals surface area contributed by atoms with Crippen molar-refractivity contribution in [3.63, 3.8) is 0 Å². The van der Waals surface area contributed by atoms with Crippen LogP contribution in [0, 0.1) is 17.2 Å². The van der Waals surface area contributed by atoms with E-state index < -0.39 is 6.09 Å². The predicted molar refractivity (Wildman–Crippen MR) is 108 cm³/mol. The third-order valence-corrected chi connectivity index (χ3v) is 5.55. The van der Waals surface area contributed by atoms with Gasteiger partial charge in [-0.2, -0.15) is 5.26 Å². The molecule has 3 aromatic rings. The molecule has 9 nitrogen and oxygen atoms in total. The van der Waals surface area contributed by atoms with Gasteiger partial charge < -0.3 is 24.9 Å².